The first-order valence-electron chi connectivity index (χ1n) is 16.1. The van der Waals surface area contributed by atoms with E-state index >= 15 is 0 Å². The summed E-state index contributed by atoms with van der Waals surface area (Å²) in [6, 6.07) is 27.4. The third-order valence-electron chi connectivity index (χ3n) is 8.72. The minimum atomic E-state index is -0.00874. The minimum Gasteiger partial charge on any atom is -0.302 e. The SMILES string of the molecule is C=C.CC.CC.CCC1(C)c2ccccc2N2c3nc(-c4cccnc4)c(-c4cccnc4)nc3N(c3ccccc3)C2C1C. The van der Waals surface area contributed by atoms with Gasteiger partial charge < -0.3 is 9.80 Å². The largest absolute Gasteiger partial charge is 0.302 e. The first-order chi connectivity index (χ1) is 22.1. The number of pyridine rings is 2. The first-order valence-corrected chi connectivity index (χ1v) is 16.1. The Hall–Kier alpha value is -4.84. The predicted octanol–water partition coefficient (Wildman–Crippen LogP) is 10.4. The van der Waals surface area contributed by atoms with E-state index in [0.717, 1.165) is 46.3 Å². The van der Waals surface area contributed by atoms with E-state index in [1.165, 1.54) is 11.3 Å². The number of nitrogens with zero attached hydrogens (tertiary/aromatic N) is 6. The summed E-state index contributed by atoms with van der Waals surface area (Å²) in [6.07, 6.45) is 8.35. The maximum Gasteiger partial charge on any atom is 0.179 e. The van der Waals surface area contributed by atoms with Gasteiger partial charge in [0.1, 0.15) is 17.6 Å². The predicted molar refractivity (Wildman–Crippen MR) is 190 cm³/mol. The molecule has 2 aliphatic rings. The van der Waals surface area contributed by atoms with E-state index in [-0.39, 0.29) is 17.5 Å². The smallest absolute Gasteiger partial charge is 0.179 e. The lowest BCUT2D eigenvalue weighted by molar-refractivity contribution is 0.249. The maximum absolute atomic E-state index is 5.42. The zero-order chi connectivity index (χ0) is 32.6. The Bertz CT molecular complexity index is 1660. The molecule has 0 N–H and O–H groups in total. The molecule has 5 heterocycles. The highest BCUT2D eigenvalue weighted by molar-refractivity contribution is 5.90. The number of aromatic nitrogens is 4. The second-order valence-electron chi connectivity index (χ2n) is 10.6. The molecule has 2 aromatic carbocycles. The molecule has 232 valence electrons. The van der Waals surface area contributed by atoms with Gasteiger partial charge in [-0.15, -0.1) is 13.2 Å². The molecule has 0 spiro atoms. The number of hydrogen-bond acceptors (Lipinski definition) is 6. The summed E-state index contributed by atoms with van der Waals surface area (Å²) in [4.78, 5) is 24.5. The van der Waals surface area contributed by atoms with Crippen molar-refractivity contribution in [3.8, 4) is 22.5 Å². The van der Waals surface area contributed by atoms with Crippen LogP contribution in [0, 0.1) is 5.92 Å². The molecule has 3 unspecified atom stereocenters. The van der Waals surface area contributed by atoms with Gasteiger partial charge in [0.2, 0.25) is 0 Å². The van der Waals surface area contributed by atoms with Gasteiger partial charge in [-0.25, -0.2) is 9.97 Å². The van der Waals surface area contributed by atoms with Crippen LogP contribution in [0.4, 0.5) is 23.0 Å². The minimum absolute atomic E-state index is 0.00874. The molecule has 3 aromatic heterocycles. The van der Waals surface area contributed by atoms with Crippen LogP contribution >= 0.6 is 0 Å². The summed E-state index contributed by atoms with van der Waals surface area (Å²) in [6.45, 7) is 21.1. The van der Waals surface area contributed by atoms with Crippen LogP contribution in [0.1, 0.15) is 60.5 Å². The van der Waals surface area contributed by atoms with E-state index < -0.39 is 0 Å². The van der Waals surface area contributed by atoms with Gasteiger partial charge in [0, 0.05) is 58.6 Å². The Labute approximate surface area is 269 Å². The highest BCUT2D eigenvalue weighted by Gasteiger charge is 2.53. The number of hydrogen-bond donors (Lipinski definition) is 0. The molecule has 6 nitrogen and oxygen atoms in total. The van der Waals surface area contributed by atoms with E-state index in [1.54, 1.807) is 12.4 Å². The molecule has 0 fully saturated rings. The fraction of sp³-hybridized carbons (Fsp3) is 0.282. The van der Waals surface area contributed by atoms with E-state index in [4.69, 9.17) is 9.97 Å². The zero-order valence-corrected chi connectivity index (χ0v) is 27.8. The molecule has 45 heavy (non-hydrogen) atoms. The van der Waals surface area contributed by atoms with Crippen LogP contribution in [-0.4, -0.2) is 26.1 Å². The van der Waals surface area contributed by atoms with Gasteiger partial charge in [-0.05, 0) is 54.4 Å². The van der Waals surface area contributed by atoms with Gasteiger partial charge in [-0.2, -0.15) is 0 Å². The molecule has 6 heteroatoms. The molecule has 0 amide bonds. The average Bonchev–Trinajstić information content (AvgIpc) is 3.48. The Morgan fingerprint density at radius 2 is 1.20 bits per heavy atom. The van der Waals surface area contributed by atoms with Crippen molar-refractivity contribution in [2.45, 2.75) is 66.5 Å². The van der Waals surface area contributed by atoms with Crippen LogP contribution in [0.15, 0.2) is 117 Å². The lowest BCUT2D eigenvalue weighted by Gasteiger charge is -2.50. The van der Waals surface area contributed by atoms with E-state index in [2.05, 4.69) is 108 Å². The topological polar surface area (TPSA) is 58.0 Å². The number of para-hydroxylation sites is 2. The van der Waals surface area contributed by atoms with Crippen LogP contribution < -0.4 is 9.80 Å². The van der Waals surface area contributed by atoms with Crippen molar-refractivity contribution >= 4 is 23.0 Å². The van der Waals surface area contributed by atoms with Gasteiger partial charge in [0.25, 0.3) is 0 Å². The zero-order valence-electron chi connectivity index (χ0n) is 27.8. The Balaban J connectivity index is 0.000000727. The quantitative estimate of drug-likeness (QED) is 0.192. The fourth-order valence-electron chi connectivity index (χ4n) is 6.34. The van der Waals surface area contributed by atoms with Crippen molar-refractivity contribution in [3.05, 3.63) is 122 Å². The second kappa shape index (κ2) is 14.8. The molecule has 2 aliphatic heterocycles. The molecule has 0 saturated heterocycles. The van der Waals surface area contributed by atoms with E-state index in [0.29, 0.717) is 0 Å². The van der Waals surface area contributed by atoms with Crippen molar-refractivity contribution in [2.75, 3.05) is 9.80 Å². The van der Waals surface area contributed by atoms with Crippen molar-refractivity contribution in [3.63, 3.8) is 0 Å². The summed E-state index contributed by atoms with van der Waals surface area (Å²) in [5.41, 5.74) is 7.12. The highest BCUT2D eigenvalue weighted by Crippen LogP contribution is 2.58. The molecule has 0 radical (unpaired) electrons. The molecule has 3 atom stereocenters. The van der Waals surface area contributed by atoms with E-state index in [9.17, 15) is 0 Å². The van der Waals surface area contributed by atoms with E-state index in [1.807, 2.05) is 64.4 Å². The highest BCUT2D eigenvalue weighted by atomic mass is 15.5. The summed E-state index contributed by atoms with van der Waals surface area (Å²) < 4.78 is 0. The lowest BCUT2D eigenvalue weighted by Crippen LogP contribution is -2.54. The molecule has 0 saturated carbocycles. The number of fused-ring (bicyclic) bond motifs is 5. The standard InChI is InChI=1S/C33H30N6.2C2H6.C2H4/c1-4-33(3)22(2)32-38(25-14-6-5-7-15-25)30-31(39(32)27-17-9-8-16-26(27)33)37-29(24-13-11-19-35-21-24)28(36-30)23-12-10-18-34-20-23;3*1-2/h5-22,32H,4H2,1-3H3;2*1-2H3;1-2H2. The number of benzene rings is 2. The van der Waals surface area contributed by atoms with Gasteiger partial charge in [0.15, 0.2) is 11.6 Å². The molecular formula is C39H46N6. The first kappa shape index (κ1) is 33.1. The third-order valence-corrected chi connectivity index (χ3v) is 8.72. The fourth-order valence-corrected chi connectivity index (χ4v) is 6.34. The van der Waals surface area contributed by atoms with Crippen molar-refractivity contribution in [2.24, 2.45) is 5.92 Å². The summed E-state index contributed by atoms with van der Waals surface area (Å²) >= 11 is 0. The van der Waals surface area contributed by atoms with Crippen molar-refractivity contribution in [1.82, 2.24) is 19.9 Å². The lowest BCUT2D eigenvalue weighted by atomic mass is 9.66. The second-order valence-corrected chi connectivity index (χ2v) is 10.6. The number of rotatable bonds is 4. The molecule has 0 aliphatic carbocycles. The molecule has 7 rings (SSSR count). The van der Waals surface area contributed by atoms with Gasteiger partial charge in [0.05, 0.1) is 0 Å². The molecule has 5 aromatic rings. The third kappa shape index (κ3) is 5.73. The summed E-state index contributed by atoms with van der Waals surface area (Å²) in [5.74, 6) is 2.02. The number of anilines is 4. The molecule has 0 bridgehead atoms. The Morgan fingerprint density at radius 1 is 0.689 bits per heavy atom. The van der Waals surface area contributed by atoms with Crippen LogP contribution in [0.2, 0.25) is 0 Å². The van der Waals surface area contributed by atoms with Gasteiger partial charge >= 0.3 is 0 Å². The van der Waals surface area contributed by atoms with Gasteiger partial charge in [-0.1, -0.05) is 84.9 Å². The monoisotopic (exact) mass is 598 g/mol. The van der Waals surface area contributed by atoms with Crippen molar-refractivity contribution in [1.29, 1.82) is 0 Å². The normalized spacial score (nSPS) is 18.8. The van der Waals surface area contributed by atoms with Crippen molar-refractivity contribution < 1.29 is 0 Å². The van der Waals surface area contributed by atoms with Crippen LogP contribution in [0.25, 0.3) is 22.5 Å². The summed E-state index contributed by atoms with van der Waals surface area (Å²) in [7, 11) is 0. The summed E-state index contributed by atoms with van der Waals surface area (Å²) in [5, 5.41) is 0. The Morgan fingerprint density at radius 3 is 1.71 bits per heavy atom. The van der Waals surface area contributed by atoms with Crippen LogP contribution in [-0.2, 0) is 5.41 Å². The molecular weight excluding hydrogens is 552 g/mol. The van der Waals surface area contributed by atoms with Gasteiger partial charge in [-0.3, -0.25) is 9.97 Å². The van der Waals surface area contributed by atoms with Crippen LogP contribution in [0.3, 0.4) is 0 Å². The average molecular weight is 599 g/mol. The Kier molecular flexibility index (Phi) is 10.8. The maximum atomic E-state index is 5.42. The van der Waals surface area contributed by atoms with Crippen LogP contribution in [0.5, 0.6) is 0 Å².